The van der Waals surface area contributed by atoms with Crippen LogP contribution in [0.25, 0.3) is 0 Å². The molecule has 0 N–H and O–H groups in total. The lowest BCUT2D eigenvalue weighted by atomic mass is 9.92. The van der Waals surface area contributed by atoms with Crippen LogP contribution in [0.4, 0.5) is 0 Å². The lowest BCUT2D eigenvalue weighted by Gasteiger charge is -2.20. The fourth-order valence-corrected chi connectivity index (χ4v) is 4.82. The zero-order valence-corrected chi connectivity index (χ0v) is 14.5. The summed E-state index contributed by atoms with van der Waals surface area (Å²) in [7, 11) is 0. The minimum Gasteiger partial charge on any atom is -0.143 e. The van der Waals surface area contributed by atoms with E-state index in [1.807, 2.05) is 11.3 Å². The molecule has 0 saturated carbocycles. The number of aryl methyl sites for hydroxylation is 1. The summed E-state index contributed by atoms with van der Waals surface area (Å²) in [6, 6.07) is 13.0. The fraction of sp³-hybridized carbons (Fsp3) is 0.333. The molecule has 1 aromatic heterocycles. The summed E-state index contributed by atoms with van der Waals surface area (Å²) in [5.74, 6) is 0.524. The van der Waals surface area contributed by atoms with Crippen LogP contribution < -0.4 is 0 Å². The quantitative estimate of drug-likeness (QED) is 0.528. The van der Waals surface area contributed by atoms with Crippen LogP contribution in [-0.2, 0) is 0 Å². The Morgan fingerprint density at radius 1 is 1.22 bits per heavy atom. The van der Waals surface area contributed by atoms with Crippen LogP contribution in [0.5, 0.6) is 0 Å². The molecule has 2 atom stereocenters. The maximum Gasteiger partial charge on any atom is 0.0558 e. The van der Waals surface area contributed by atoms with Crippen molar-refractivity contribution >= 4 is 43.2 Å². The maximum atomic E-state index is 3.89. The SMILES string of the molecule is CCC(c1ccccc1)C(Br)c1cc(Br)c(C)s1. The topological polar surface area (TPSA) is 0 Å². The Labute approximate surface area is 130 Å². The van der Waals surface area contributed by atoms with Gasteiger partial charge in [-0.2, -0.15) is 0 Å². The maximum absolute atomic E-state index is 3.89. The molecule has 1 aromatic carbocycles. The molecule has 2 rings (SSSR count). The van der Waals surface area contributed by atoms with E-state index in [1.165, 1.54) is 19.8 Å². The van der Waals surface area contributed by atoms with Gasteiger partial charge in [0.1, 0.15) is 0 Å². The van der Waals surface area contributed by atoms with Gasteiger partial charge in [0.05, 0.1) is 4.83 Å². The van der Waals surface area contributed by atoms with Crippen molar-refractivity contribution in [3.05, 3.63) is 56.2 Å². The van der Waals surface area contributed by atoms with Gasteiger partial charge >= 0.3 is 0 Å². The molecule has 0 saturated heterocycles. The Bertz CT molecular complexity index is 485. The van der Waals surface area contributed by atoms with Gasteiger partial charge in [-0.3, -0.25) is 0 Å². The summed E-state index contributed by atoms with van der Waals surface area (Å²) in [6.45, 7) is 4.41. The van der Waals surface area contributed by atoms with Gasteiger partial charge in [0.15, 0.2) is 0 Å². The average molecular weight is 388 g/mol. The van der Waals surface area contributed by atoms with Crippen LogP contribution >= 0.6 is 43.2 Å². The molecular weight excluding hydrogens is 372 g/mol. The third-order valence-corrected chi connectivity index (χ3v) is 6.82. The molecule has 0 spiro atoms. The van der Waals surface area contributed by atoms with Gasteiger partial charge in [0.25, 0.3) is 0 Å². The summed E-state index contributed by atoms with van der Waals surface area (Å²) >= 11 is 9.35. The molecule has 0 bridgehead atoms. The van der Waals surface area contributed by atoms with Gasteiger partial charge < -0.3 is 0 Å². The van der Waals surface area contributed by atoms with E-state index in [9.17, 15) is 0 Å². The Balaban J connectivity index is 2.28. The molecule has 18 heavy (non-hydrogen) atoms. The number of halogens is 2. The van der Waals surface area contributed by atoms with Crippen molar-refractivity contribution in [3.63, 3.8) is 0 Å². The van der Waals surface area contributed by atoms with Gasteiger partial charge in [-0.1, -0.05) is 53.2 Å². The zero-order chi connectivity index (χ0) is 13.1. The van der Waals surface area contributed by atoms with Gasteiger partial charge in [-0.25, -0.2) is 0 Å². The van der Waals surface area contributed by atoms with Gasteiger partial charge in [-0.15, -0.1) is 11.3 Å². The van der Waals surface area contributed by atoms with E-state index in [2.05, 4.69) is 82.1 Å². The Kier molecular flexibility index (Phi) is 5.05. The molecule has 0 amide bonds. The summed E-state index contributed by atoms with van der Waals surface area (Å²) < 4.78 is 1.22. The molecule has 1 heterocycles. The number of hydrogen-bond acceptors (Lipinski definition) is 1. The number of benzene rings is 1. The highest BCUT2D eigenvalue weighted by Crippen LogP contribution is 2.44. The molecule has 0 aliphatic carbocycles. The smallest absolute Gasteiger partial charge is 0.0558 e. The molecule has 2 aromatic rings. The van der Waals surface area contributed by atoms with Gasteiger partial charge in [-0.05, 0) is 40.9 Å². The van der Waals surface area contributed by atoms with E-state index in [4.69, 9.17) is 0 Å². The lowest BCUT2D eigenvalue weighted by molar-refractivity contribution is 0.661. The third-order valence-electron chi connectivity index (χ3n) is 3.17. The fourth-order valence-electron chi connectivity index (χ4n) is 2.13. The Hall–Kier alpha value is -0.120. The van der Waals surface area contributed by atoms with Crippen LogP contribution in [0.15, 0.2) is 40.9 Å². The predicted octanol–water partition coefficient (Wildman–Crippen LogP) is 6.45. The minimum atomic E-state index is 0.389. The van der Waals surface area contributed by atoms with Crippen LogP contribution in [0, 0.1) is 6.92 Å². The van der Waals surface area contributed by atoms with Crippen LogP contribution in [-0.4, -0.2) is 0 Å². The zero-order valence-electron chi connectivity index (χ0n) is 10.5. The standard InChI is InChI=1S/C15H16Br2S/c1-3-12(11-7-5-4-6-8-11)15(17)14-9-13(16)10(2)18-14/h4-9,12,15H,3H2,1-2H3. The average Bonchev–Trinajstić information content (AvgIpc) is 2.72. The summed E-state index contributed by atoms with van der Waals surface area (Å²) in [4.78, 5) is 3.13. The second-order valence-corrected chi connectivity index (χ2v) is 7.51. The van der Waals surface area contributed by atoms with Crippen molar-refractivity contribution in [1.82, 2.24) is 0 Å². The van der Waals surface area contributed by atoms with Crippen molar-refractivity contribution in [2.75, 3.05) is 0 Å². The Morgan fingerprint density at radius 3 is 2.39 bits per heavy atom. The summed E-state index contributed by atoms with van der Waals surface area (Å²) in [6.07, 6.45) is 1.13. The number of thiophene rings is 1. The largest absolute Gasteiger partial charge is 0.143 e. The number of hydrogen-bond donors (Lipinski definition) is 0. The highest BCUT2D eigenvalue weighted by atomic mass is 79.9. The second-order valence-electron chi connectivity index (χ2n) is 4.38. The van der Waals surface area contributed by atoms with Crippen molar-refractivity contribution < 1.29 is 0 Å². The van der Waals surface area contributed by atoms with E-state index in [1.54, 1.807) is 0 Å². The lowest BCUT2D eigenvalue weighted by Crippen LogP contribution is -2.03. The van der Waals surface area contributed by atoms with E-state index in [-0.39, 0.29) is 0 Å². The van der Waals surface area contributed by atoms with E-state index in [0.29, 0.717) is 10.7 Å². The predicted molar refractivity (Wildman–Crippen MR) is 87.9 cm³/mol. The van der Waals surface area contributed by atoms with E-state index >= 15 is 0 Å². The molecule has 2 unspecified atom stereocenters. The summed E-state index contributed by atoms with van der Waals surface area (Å²) in [5.41, 5.74) is 1.41. The van der Waals surface area contributed by atoms with Crippen molar-refractivity contribution in [2.24, 2.45) is 0 Å². The normalized spacial score (nSPS) is 14.4. The molecule has 0 radical (unpaired) electrons. The van der Waals surface area contributed by atoms with E-state index < -0.39 is 0 Å². The molecule has 0 aliphatic heterocycles. The molecule has 0 fully saturated rings. The summed E-state index contributed by atoms with van der Waals surface area (Å²) in [5, 5.41) is 0. The first-order chi connectivity index (χ1) is 8.63. The third kappa shape index (κ3) is 3.06. The van der Waals surface area contributed by atoms with Crippen molar-refractivity contribution in [1.29, 1.82) is 0 Å². The van der Waals surface area contributed by atoms with Crippen LogP contribution in [0.3, 0.4) is 0 Å². The van der Waals surface area contributed by atoms with Gasteiger partial charge in [0, 0.05) is 20.1 Å². The molecule has 3 heteroatoms. The van der Waals surface area contributed by atoms with Gasteiger partial charge in [0.2, 0.25) is 0 Å². The first-order valence-electron chi connectivity index (χ1n) is 6.08. The van der Waals surface area contributed by atoms with E-state index in [0.717, 1.165) is 6.42 Å². The number of alkyl halides is 1. The highest BCUT2D eigenvalue weighted by Gasteiger charge is 2.22. The molecule has 0 aliphatic rings. The monoisotopic (exact) mass is 386 g/mol. The first-order valence-corrected chi connectivity index (χ1v) is 8.60. The molecule has 0 nitrogen and oxygen atoms in total. The molecular formula is C15H16Br2S. The minimum absolute atomic E-state index is 0.389. The van der Waals surface area contributed by atoms with Crippen LogP contribution in [0.2, 0.25) is 0 Å². The first kappa shape index (κ1) is 14.3. The number of rotatable bonds is 4. The highest BCUT2D eigenvalue weighted by molar-refractivity contribution is 9.10. The van der Waals surface area contributed by atoms with Crippen molar-refractivity contribution in [3.8, 4) is 0 Å². The van der Waals surface area contributed by atoms with Crippen LogP contribution in [0.1, 0.15) is 39.4 Å². The Morgan fingerprint density at radius 2 is 1.89 bits per heavy atom. The molecule has 96 valence electrons. The van der Waals surface area contributed by atoms with Crippen molar-refractivity contribution in [2.45, 2.75) is 31.0 Å². The second kappa shape index (κ2) is 6.36.